The van der Waals surface area contributed by atoms with Gasteiger partial charge in [-0.1, -0.05) is 41.9 Å². The maximum absolute atomic E-state index is 11.5. The van der Waals surface area contributed by atoms with Crippen molar-refractivity contribution in [3.05, 3.63) is 65.2 Å². The number of benzene rings is 2. The van der Waals surface area contributed by atoms with E-state index in [1.807, 2.05) is 42.5 Å². The summed E-state index contributed by atoms with van der Waals surface area (Å²) in [6.07, 6.45) is 0.262. The Morgan fingerprint density at radius 3 is 2.63 bits per heavy atom. The quantitative estimate of drug-likeness (QED) is 0.924. The fourth-order valence-corrected chi connectivity index (χ4v) is 1.85. The first-order chi connectivity index (χ1) is 9.24. The molecule has 2 rings (SSSR count). The zero-order valence-corrected chi connectivity index (χ0v) is 11.1. The second kappa shape index (κ2) is 6.81. The fourth-order valence-electron chi connectivity index (χ4n) is 1.63. The summed E-state index contributed by atoms with van der Waals surface area (Å²) in [4.78, 5) is 11.5. The van der Waals surface area contributed by atoms with E-state index < -0.39 is 6.09 Å². The molecule has 98 valence electrons. The molecular formula is C15H14ClNO2. The van der Waals surface area contributed by atoms with Gasteiger partial charge in [-0.2, -0.15) is 0 Å². The van der Waals surface area contributed by atoms with E-state index >= 15 is 0 Å². The van der Waals surface area contributed by atoms with E-state index in [0.717, 1.165) is 5.56 Å². The second-order valence-electron chi connectivity index (χ2n) is 4.01. The van der Waals surface area contributed by atoms with E-state index in [0.29, 0.717) is 23.7 Å². The topological polar surface area (TPSA) is 38.3 Å². The van der Waals surface area contributed by atoms with Crippen LogP contribution in [0.5, 0.6) is 5.75 Å². The van der Waals surface area contributed by atoms with Crippen LogP contribution in [0.4, 0.5) is 4.79 Å². The summed E-state index contributed by atoms with van der Waals surface area (Å²) < 4.78 is 5.10. The molecule has 2 aromatic rings. The zero-order valence-electron chi connectivity index (χ0n) is 10.3. The molecule has 0 aliphatic rings. The molecule has 4 heteroatoms. The van der Waals surface area contributed by atoms with Gasteiger partial charge in [-0.15, -0.1) is 0 Å². The van der Waals surface area contributed by atoms with Crippen molar-refractivity contribution in [3.63, 3.8) is 0 Å². The molecule has 0 aliphatic carbocycles. The first kappa shape index (κ1) is 13.4. The summed E-state index contributed by atoms with van der Waals surface area (Å²) in [5, 5.41) is 3.39. The molecule has 0 aromatic heterocycles. The van der Waals surface area contributed by atoms with Crippen molar-refractivity contribution >= 4 is 17.7 Å². The van der Waals surface area contributed by atoms with Crippen LogP contribution in [0, 0.1) is 0 Å². The Labute approximate surface area is 117 Å². The fraction of sp³-hybridized carbons (Fsp3) is 0.133. The molecule has 1 amide bonds. The average molecular weight is 276 g/mol. The van der Waals surface area contributed by atoms with Gasteiger partial charge in [-0.25, -0.2) is 4.79 Å². The Morgan fingerprint density at radius 1 is 1.11 bits per heavy atom. The largest absolute Gasteiger partial charge is 0.412 e. The Bertz CT molecular complexity index is 543. The van der Waals surface area contributed by atoms with Crippen LogP contribution >= 0.6 is 11.6 Å². The van der Waals surface area contributed by atoms with Gasteiger partial charge in [-0.05, 0) is 36.2 Å². The SMILES string of the molecule is O=C(NCCc1cccc(Cl)c1)Oc1ccccc1. The monoisotopic (exact) mass is 275 g/mol. The molecule has 0 unspecified atom stereocenters. The standard InChI is InChI=1S/C15H14ClNO2/c16-13-6-4-5-12(11-13)9-10-17-15(18)19-14-7-2-1-3-8-14/h1-8,11H,9-10H2,(H,17,18). The lowest BCUT2D eigenvalue weighted by Crippen LogP contribution is -2.28. The van der Waals surface area contributed by atoms with Crippen molar-refractivity contribution in [1.29, 1.82) is 0 Å². The number of ether oxygens (including phenoxy) is 1. The first-order valence-electron chi connectivity index (χ1n) is 5.99. The molecule has 3 nitrogen and oxygen atoms in total. The molecule has 0 saturated heterocycles. The Morgan fingerprint density at radius 2 is 1.89 bits per heavy atom. The number of halogens is 1. The molecule has 0 atom stereocenters. The molecule has 0 radical (unpaired) electrons. The van der Waals surface area contributed by atoms with Crippen LogP contribution in [-0.2, 0) is 6.42 Å². The number of carbonyl (C=O) groups excluding carboxylic acids is 1. The summed E-state index contributed by atoms with van der Waals surface area (Å²) >= 11 is 5.88. The summed E-state index contributed by atoms with van der Waals surface area (Å²) in [6, 6.07) is 16.5. The number of hydrogen-bond donors (Lipinski definition) is 1. The van der Waals surface area contributed by atoms with Crippen molar-refractivity contribution in [2.45, 2.75) is 6.42 Å². The van der Waals surface area contributed by atoms with Crippen molar-refractivity contribution in [3.8, 4) is 5.75 Å². The maximum Gasteiger partial charge on any atom is 0.412 e. The third-order valence-electron chi connectivity index (χ3n) is 2.53. The third-order valence-corrected chi connectivity index (χ3v) is 2.76. The van der Waals surface area contributed by atoms with Gasteiger partial charge < -0.3 is 10.1 Å². The van der Waals surface area contributed by atoms with Gasteiger partial charge in [0.1, 0.15) is 5.75 Å². The van der Waals surface area contributed by atoms with Crippen molar-refractivity contribution in [2.75, 3.05) is 6.54 Å². The van der Waals surface area contributed by atoms with Gasteiger partial charge in [0, 0.05) is 11.6 Å². The predicted octanol–water partition coefficient (Wildman–Crippen LogP) is 3.67. The van der Waals surface area contributed by atoms with Gasteiger partial charge in [0.15, 0.2) is 0 Å². The lowest BCUT2D eigenvalue weighted by atomic mass is 10.1. The lowest BCUT2D eigenvalue weighted by Gasteiger charge is -2.06. The minimum absolute atomic E-state index is 0.451. The van der Waals surface area contributed by atoms with Crippen LogP contribution in [0.3, 0.4) is 0 Å². The Kier molecular flexibility index (Phi) is 4.81. The summed E-state index contributed by atoms with van der Waals surface area (Å²) in [7, 11) is 0. The zero-order chi connectivity index (χ0) is 13.5. The number of rotatable bonds is 4. The second-order valence-corrected chi connectivity index (χ2v) is 4.45. The Hall–Kier alpha value is -2.00. The van der Waals surface area contributed by atoms with E-state index in [1.54, 1.807) is 12.1 Å². The van der Waals surface area contributed by atoms with Crippen molar-refractivity contribution < 1.29 is 9.53 Å². The normalized spacial score (nSPS) is 9.95. The van der Waals surface area contributed by atoms with Crippen LogP contribution in [-0.4, -0.2) is 12.6 Å². The van der Waals surface area contributed by atoms with Crippen molar-refractivity contribution in [1.82, 2.24) is 5.32 Å². The van der Waals surface area contributed by atoms with E-state index in [2.05, 4.69) is 5.32 Å². The van der Waals surface area contributed by atoms with Crippen molar-refractivity contribution in [2.24, 2.45) is 0 Å². The molecule has 0 aliphatic heterocycles. The van der Waals surface area contributed by atoms with Crippen LogP contribution in [0.2, 0.25) is 5.02 Å². The first-order valence-corrected chi connectivity index (χ1v) is 6.37. The Balaban J connectivity index is 1.75. The molecular weight excluding hydrogens is 262 g/mol. The average Bonchev–Trinajstić information content (AvgIpc) is 2.40. The van der Waals surface area contributed by atoms with E-state index in [4.69, 9.17) is 16.3 Å². The smallest absolute Gasteiger partial charge is 0.410 e. The highest BCUT2D eigenvalue weighted by atomic mass is 35.5. The highest BCUT2D eigenvalue weighted by Crippen LogP contribution is 2.11. The van der Waals surface area contributed by atoms with Gasteiger partial charge in [0.2, 0.25) is 0 Å². The van der Waals surface area contributed by atoms with Gasteiger partial charge >= 0.3 is 6.09 Å². The minimum Gasteiger partial charge on any atom is -0.410 e. The molecule has 0 fully saturated rings. The minimum atomic E-state index is -0.451. The molecule has 0 bridgehead atoms. The molecule has 19 heavy (non-hydrogen) atoms. The van der Waals surface area contributed by atoms with Crippen LogP contribution in [0.25, 0.3) is 0 Å². The van der Waals surface area contributed by atoms with E-state index in [1.165, 1.54) is 0 Å². The van der Waals surface area contributed by atoms with Crippen LogP contribution < -0.4 is 10.1 Å². The van der Waals surface area contributed by atoms with E-state index in [9.17, 15) is 4.79 Å². The highest BCUT2D eigenvalue weighted by molar-refractivity contribution is 6.30. The number of amides is 1. The summed E-state index contributed by atoms with van der Waals surface area (Å²) in [5.74, 6) is 0.530. The highest BCUT2D eigenvalue weighted by Gasteiger charge is 2.03. The number of nitrogens with one attached hydrogen (secondary N) is 1. The lowest BCUT2D eigenvalue weighted by molar-refractivity contribution is 0.200. The maximum atomic E-state index is 11.5. The van der Waals surface area contributed by atoms with Gasteiger partial charge in [0.05, 0.1) is 0 Å². The summed E-state index contributed by atoms with van der Waals surface area (Å²) in [6.45, 7) is 0.506. The predicted molar refractivity (Wildman–Crippen MR) is 75.6 cm³/mol. The number of carbonyl (C=O) groups is 1. The van der Waals surface area contributed by atoms with Gasteiger partial charge in [0.25, 0.3) is 0 Å². The van der Waals surface area contributed by atoms with Crippen LogP contribution in [0.1, 0.15) is 5.56 Å². The van der Waals surface area contributed by atoms with Crippen LogP contribution in [0.15, 0.2) is 54.6 Å². The molecule has 0 heterocycles. The molecule has 0 spiro atoms. The third kappa shape index (κ3) is 4.64. The van der Waals surface area contributed by atoms with E-state index in [-0.39, 0.29) is 0 Å². The van der Waals surface area contributed by atoms with Gasteiger partial charge in [-0.3, -0.25) is 0 Å². The number of hydrogen-bond acceptors (Lipinski definition) is 2. The molecule has 0 saturated carbocycles. The number of para-hydroxylation sites is 1. The molecule has 2 aromatic carbocycles. The summed E-state index contributed by atoms with van der Waals surface area (Å²) in [5.41, 5.74) is 1.08. The molecule has 1 N–H and O–H groups in total.